The lowest BCUT2D eigenvalue weighted by atomic mass is 10.1. The molecule has 0 fully saturated rings. The summed E-state index contributed by atoms with van der Waals surface area (Å²) in [5, 5.41) is 0.811. The lowest BCUT2D eigenvalue weighted by Gasteiger charge is -2.04. The van der Waals surface area contributed by atoms with Gasteiger partial charge in [0.15, 0.2) is 5.05 Å². The summed E-state index contributed by atoms with van der Waals surface area (Å²) in [7, 11) is 1.58. The molecular weight excluding hydrogens is 388 g/mol. The van der Waals surface area contributed by atoms with Crippen LogP contribution in [0, 0.1) is 0 Å². The van der Waals surface area contributed by atoms with Crippen molar-refractivity contribution >= 4 is 29.4 Å². The number of hydrogen-bond acceptors (Lipinski definition) is 5. The Labute approximate surface area is 172 Å². The van der Waals surface area contributed by atoms with Gasteiger partial charge in [-0.1, -0.05) is 30.3 Å². The molecule has 3 aromatic rings. The van der Waals surface area contributed by atoms with Crippen LogP contribution < -0.4 is 26.6 Å². The first-order valence-electron chi connectivity index (χ1n) is 8.87. The zero-order chi connectivity index (χ0) is 20.8. The van der Waals surface area contributed by atoms with E-state index in [-0.39, 0.29) is 21.8 Å². The van der Waals surface area contributed by atoms with Crippen LogP contribution in [0.5, 0.6) is 5.75 Å². The Hall–Kier alpha value is -3.45. The van der Waals surface area contributed by atoms with Gasteiger partial charge in [0.1, 0.15) is 23.1 Å². The Morgan fingerprint density at radius 3 is 2.17 bits per heavy atom. The van der Waals surface area contributed by atoms with E-state index in [1.165, 1.54) is 0 Å². The van der Waals surface area contributed by atoms with Gasteiger partial charge in [-0.3, -0.25) is 9.59 Å². The topological polar surface area (TPSA) is 84.2 Å². The number of aromatic amines is 2. The molecule has 7 heteroatoms. The number of ether oxygens (including phenoxy) is 2. The number of hydrogen-bond donors (Lipinski definition) is 2. The van der Waals surface area contributed by atoms with Gasteiger partial charge in [0.2, 0.25) is 0 Å². The first-order valence-corrected chi connectivity index (χ1v) is 9.28. The molecule has 1 heterocycles. The molecule has 0 unspecified atom stereocenters. The number of benzene rings is 2. The first kappa shape index (κ1) is 20.3. The lowest BCUT2D eigenvalue weighted by molar-refractivity contribution is 0.298. The molecule has 0 saturated carbocycles. The van der Waals surface area contributed by atoms with Gasteiger partial charge < -0.3 is 19.4 Å². The third kappa shape index (κ3) is 5.52. The van der Waals surface area contributed by atoms with Gasteiger partial charge >= 0.3 is 0 Å². The van der Waals surface area contributed by atoms with Crippen molar-refractivity contribution in [3.8, 4) is 5.75 Å². The summed E-state index contributed by atoms with van der Waals surface area (Å²) < 4.78 is 10.5. The zero-order valence-electron chi connectivity index (χ0n) is 16.0. The molecule has 1 aromatic heterocycles. The van der Waals surface area contributed by atoms with Crippen molar-refractivity contribution in [3.05, 3.63) is 96.6 Å². The number of nitrogens with one attached hydrogen (secondary N) is 2. The molecule has 0 amide bonds. The average molecular weight is 408 g/mol. The largest absolute Gasteiger partial charge is 0.497 e. The van der Waals surface area contributed by atoms with E-state index in [0.717, 1.165) is 16.7 Å². The molecular formula is C22H20N2O4S. The fourth-order valence-corrected chi connectivity index (χ4v) is 2.75. The Morgan fingerprint density at radius 1 is 0.966 bits per heavy atom. The molecule has 0 atom stereocenters. The van der Waals surface area contributed by atoms with Gasteiger partial charge in [0, 0.05) is 6.92 Å². The summed E-state index contributed by atoms with van der Waals surface area (Å²) in [5.41, 5.74) is 1.67. The van der Waals surface area contributed by atoms with E-state index in [0.29, 0.717) is 17.4 Å². The third-order valence-corrected chi connectivity index (χ3v) is 4.23. The van der Waals surface area contributed by atoms with Crippen molar-refractivity contribution < 1.29 is 9.47 Å². The summed E-state index contributed by atoms with van der Waals surface area (Å²) >= 11 is 4.91. The van der Waals surface area contributed by atoms with Gasteiger partial charge in [-0.2, -0.15) is 0 Å². The van der Waals surface area contributed by atoms with Crippen LogP contribution in [-0.4, -0.2) is 22.1 Å². The monoisotopic (exact) mass is 408 g/mol. The lowest BCUT2D eigenvalue weighted by Crippen LogP contribution is -2.46. The average Bonchev–Trinajstić information content (AvgIpc) is 2.71. The summed E-state index contributed by atoms with van der Waals surface area (Å²) in [6.45, 7) is 2.06. The second kappa shape index (κ2) is 9.16. The van der Waals surface area contributed by atoms with Crippen LogP contribution in [0.25, 0.3) is 12.2 Å². The van der Waals surface area contributed by atoms with Crippen molar-refractivity contribution in [2.45, 2.75) is 13.5 Å². The fraction of sp³-hybridized carbons (Fsp3) is 0.136. The fourth-order valence-electron chi connectivity index (χ4n) is 2.69. The van der Waals surface area contributed by atoms with Gasteiger partial charge in [-0.25, -0.2) is 0 Å². The zero-order valence-corrected chi connectivity index (χ0v) is 16.8. The second-order valence-corrected chi connectivity index (χ2v) is 6.90. The predicted molar refractivity (Wildman–Crippen MR) is 117 cm³/mol. The van der Waals surface area contributed by atoms with Gasteiger partial charge in [0.25, 0.3) is 11.1 Å². The van der Waals surface area contributed by atoms with E-state index in [4.69, 9.17) is 21.7 Å². The normalized spacial score (nSPS) is 12.1. The van der Waals surface area contributed by atoms with Crippen LogP contribution in [0.15, 0.2) is 58.1 Å². The quantitative estimate of drug-likeness (QED) is 0.627. The predicted octanol–water partition coefficient (Wildman–Crippen LogP) is 1.59. The van der Waals surface area contributed by atoms with Crippen LogP contribution in [-0.2, 0) is 11.3 Å². The minimum absolute atomic E-state index is 0.172. The van der Waals surface area contributed by atoms with E-state index >= 15 is 0 Å². The molecule has 6 nitrogen and oxygen atoms in total. The van der Waals surface area contributed by atoms with Gasteiger partial charge in [-0.05, 0) is 59.3 Å². The molecule has 0 radical (unpaired) electrons. The standard InChI is InChI=1S/C22H20N2O4S/c1-14(29)28-13-17-5-3-4-16(10-17)12-20-22(26)23-19(21(25)24-20)11-15-6-8-18(27-2)9-7-15/h3-12H,13H2,1-2H3,(H,23,26)(H,24,25). The molecule has 0 spiro atoms. The van der Waals surface area contributed by atoms with E-state index < -0.39 is 0 Å². The maximum atomic E-state index is 12.4. The van der Waals surface area contributed by atoms with Crippen LogP contribution in [0.2, 0.25) is 0 Å². The SMILES string of the molecule is COc1ccc(C=c2[nH]c(=O)c(=Cc3cccc(COC(C)=S)c3)[nH]c2=O)cc1. The Kier molecular flexibility index (Phi) is 6.41. The second-order valence-electron chi connectivity index (χ2n) is 6.32. The highest BCUT2D eigenvalue weighted by molar-refractivity contribution is 7.80. The first-order chi connectivity index (χ1) is 13.9. The summed E-state index contributed by atoms with van der Waals surface area (Å²) in [4.78, 5) is 30.1. The minimum Gasteiger partial charge on any atom is -0.497 e. The van der Waals surface area contributed by atoms with Gasteiger partial charge in [0.05, 0.1) is 7.11 Å². The van der Waals surface area contributed by atoms with Gasteiger partial charge in [-0.15, -0.1) is 0 Å². The Balaban J connectivity index is 1.96. The number of aromatic nitrogens is 2. The number of methoxy groups -OCH3 is 1. The van der Waals surface area contributed by atoms with Crippen molar-refractivity contribution in [1.82, 2.24) is 9.97 Å². The maximum absolute atomic E-state index is 12.4. The molecule has 0 aliphatic heterocycles. The Bertz CT molecular complexity index is 1260. The van der Waals surface area contributed by atoms with E-state index in [9.17, 15) is 9.59 Å². The van der Waals surface area contributed by atoms with Crippen LogP contribution in [0.3, 0.4) is 0 Å². The minimum atomic E-state index is -0.388. The van der Waals surface area contributed by atoms with Crippen LogP contribution >= 0.6 is 12.2 Å². The van der Waals surface area contributed by atoms with Crippen LogP contribution in [0.4, 0.5) is 0 Å². The van der Waals surface area contributed by atoms with Crippen molar-refractivity contribution in [2.75, 3.05) is 7.11 Å². The van der Waals surface area contributed by atoms with Crippen molar-refractivity contribution in [2.24, 2.45) is 0 Å². The van der Waals surface area contributed by atoms with E-state index in [1.807, 2.05) is 24.3 Å². The number of thiocarbonyl (C=S) groups is 1. The molecule has 0 saturated heterocycles. The summed E-state index contributed by atoms with van der Waals surface area (Å²) in [6.07, 6.45) is 3.22. The van der Waals surface area contributed by atoms with E-state index in [1.54, 1.807) is 50.5 Å². The molecule has 2 N–H and O–H groups in total. The molecule has 0 aliphatic rings. The summed E-state index contributed by atoms with van der Waals surface area (Å²) in [6, 6.07) is 14.6. The van der Waals surface area contributed by atoms with E-state index in [2.05, 4.69) is 9.97 Å². The smallest absolute Gasteiger partial charge is 0.272 e. The highest BCUT2D eigenvalue weighted by atomic mass is 32.1. The third-order valence-electron chi connectivity index (χ3n) is 4.12. The molecule has 148 valence electrons. The highest BCUT2D eigenvalue weighted by Crippen LogP contribution is 2.11. The molecule has 2 aromatic carbocycles. The highest BCUT2D eigenvalue weighted by Gasteiger charge is 2.00. The molecule has 0 bridgehead atoms. The molecule has 29 heavy (non-hydrogen) atoms. The van der Waals surface area contributed by atoms with Crippen molar-refractivity contribution in [3.63, 3.8) is 0 Å². The number of H-pyrrole nitrogens is 2. The summed E-state index contributed by atoms with van der Waals surface area (Å²) in [5.74, 6) is 0.711. The Morgan fingerprint density at radius 2 is 1.59 bits per heavy atom. The number of rotatable bonds is 5. The molecule has 3 rings (SSSR count). The van der Waals surface area contributed by atoms with Crippen molar-refractivity contribution in [1.29, 1.82) is 0 Å². The molecule has 0 aliphatic carbocycles. The van der Waals surface area contributed by atoms with Crippen LogP contribution in [0.1, 0.15) is 23.6 Å². The maximum Gasteiger partial charge on any atom is 0.272 e.